The van der Waals surface area contributed by atoms with Gasteiger partial charge in [0, 0.05) is 11.6 Å². The molecular formula is C17H22N2O5. The van der Waals surface area contributed by atoms with Crippen molar-refractivity contribution in [3.8, 4) is 5.75 Å². The molecule has 0 heterocycles. The van der Waals surface area contributed by atoms with Crippen LogP contribution in [0.3, 0.4) is 0 Å². The van der Waals surface area contributed by atoms with E-state index in [2.05, 4.69) is 10.6 Å². The lowest BCUT2D eigenvalue weighted by molar-refractivity contribution is -0.147. The first-order valence-corrected chi connectivity index (χ1v) is 7.87. The molecule has 1 aromatic rings. The number of carbonyl (C=O) groups excluding carboxylic acids is 3. The quantitative estimate of drug-likeness (QED) is 0.689. The molecule has 24 heavy (non-hydrogen) atoms. The molecule has 0 unspecified atom stereocenters. The van der Waals surface area contributed by atoms with Crippen molar-refractivity contribution in [3.05, 3.63) is 29.8 Å². The maximum absolute atomic E-state index is 11.9. The fraction of sp³-hybridized carbons (Fsp3) is 0.471. The largest absolute Gasteiger partial charge is 0.497 e. The Morgan fingerprint density at radius 2 is 1.88 bits per heavy atom. The summed E-state index contributed by atoms with van der Waals surface area (Å²) in [6, 6.07) is 6.58. The third-order valence-electron chi connectivity index (χ3n) is 3.83. The predicted octanol–water partition coefficient (Wildman–Crippen LogP) is 0.883. The van der Waals surface area contributed by atoms with E-state index in [4.69, 9.17) is 9.47 Å². The van der Waals surface area contributed by atoms with E-state index < -0.39 is 11.9 Å². The van der Waals surface area contributed by atoms with Gasteiger partial charge in [-0.3, -0.25) is 14.4 Å². The molecule has 7 nitrogen and oxygen atoms in total. The summed E-state index contributed by atoms with van der Waals surface area (Å²) in [4.78, 5) is 35.1. The van der Waals surface area contributed by atoms with Gasteiger partial charge in [0.15, 0.2) is 6.61 Å². The fourth-order valence-electron chi connectivity index (χ4n) is 2.20. The number of methoxy groups -OCH3 is 1. The lowest BCUT2D eigenvalue weighted by Crippen LogP contribution is -2.38. The second kappa shape index (κ2) is 8.33. The van der Waals surface area contributed by atoms with E-state index in [-0.39, 0.29) is 25.1 Å². The zero-order valence-electron chi connectivity index (χ0n) is 13.8. The number of nitrogens with one attached hydrogen (secondary N) is 2. The molecule has 2 N–H and O–H groups in total. The van der Waals surface area contributed by atoms with Crippen LogP contribution in [0.2, 0.25) is 0 Å². The van der Waals surface area contributed by atoms with Crippen LogP contribution in [-0.4, -0.2) is 44.1 Å². The van der Waals surface area contributed by atoms with Crippen LogP contribution in [-0.2, 0) is 14.3 Å². The van der Waals surface area contributed by atoms with Crippen LogP contribution in [0.1, 0.15) is 30.1 Å². The zero-order chi connectivity index (χ0) is 17.5. The topological polar surface area (TPSA) is 93.7 Å². The molecule has 0 spiro atoms. The number of hydrogen-bond donors (Lipinski definition) is 2. The SMILES string of the molecule is COc1ccc(C(=O)NCC(=O)OCC(=O)N[C@H](C)C2CC2)cc1. The Bertz CT molecular complexity index is 596. The molecule has 130 valence electrons. The Morgan fingerprint density at radius 3 is 2.46 bits per heavy atom. The van der Waals surface area contributed by atoms with E-state index in [1.54, 1.807) is 24.3 Å². The molecule has 0 aliphatic heterocycles. The number of ether oxygens (including phenoxy) is 2. The van der Waals surface area contributed by atoms with Crippen LogP contribution in [0, 0.1) is 5.92 Å². The van der Waals surface area contributed by atoms with E-state index in [1.807, 2.05) is 6.92 Å². The number of amides is 2. The van der Waals surface area contributed by atoms with Gasteiger partial charge in [-0.1, -0.05) is 0 Å². The van der Waals surface area contributed by atoms with Crippen molar-refractivity contribution in [2.24, 2.45) is 5.92 Å². The highest BCUT2D eigenvalue weighted by atomic mass is 16.5. The average molecular weight is 334 g/mol. The maximum Gasteiger partial charge on any atom is 0.325 e. The van der Waals surface area contributed by atoms with Gasteiger partial charge in [0.1, 0.15) is 12.3 Å². The third kappa shape index (κ3) is 5.57. The van der Waals surface area contributed by atoms with Crippen molar-refractivity contribution in [2.75, 3.05) is 20.3 Å². The summed E-state index contributed by atoms with van der Waals surface area (Å²) in [5.41, 5.74) is 0.402. The first kappa shape index (κ1) is 17.8. The van der Waals surface area contributed by atoms with Gasteiger partial charge >= 0.3 is 5.97 Å². The summed E-state index contributed by atoms with van der Waals surface area (Å²) < 4.78 is 9.85. The molecule has 1 aliphatic carbocycles. The number of rotatable bonds is 8. The molecule has 1 atom stereocenters. The highest BCUT2D eigenvalue weighted by Crippen LogP contribution is 2.32. The standard InChI is InChI=1S/C17H22N2O5/c1-11(12-3-4-12)19-15(20)10-24-16(21)9-18-17(22)13-5-7-14(23-2)8-6-13/h5-8,11-12H,3-4,9-10H2,1-2H3,(H,18,22)(H,19,20)/t11-/m1/s1. The van der Waals surface area contributed by atoms with Crippen molar-refractivity contribution in [3.63, 3.8) is 0 Å². The molecule has 0 saturated heterocycles. The van der Waals surface area contributed by atoms with Crippen LogP contribution in [0.5, 0.6) is 5.75 Å². The van der Waals surface area contributed by atoms with Gasteiger partial charge in [0.2, 0.25) is 0 Å². The van der Waals surface area contributed by atoms with E-state index in [0.717, 1.165) is 12.8 Å². The Balaban J connectivity index is 1.66. The summed E-state index contributed by atoms with van der Waals surface area (Å²) in [6.45, 7) is 1.30. The minimum absolute atomic E-state index is 0.103. The lowest BCUT2D eigenvalue weighted by atomic mass is 10.2. The Labute approximate surface area is 140 Å². The molecule has 0 aromatic heterocycles. The minimum atomic E-state index is -0.661. The van der Waals surface area contributed by atoms with Gasteiger partial charge in [-0.05, 0) is 49.9 Å². The van der Waals surface area contributed by atoms with Gasteiger partial charge < -0.3 is 20.1 Å². The normalized spacial score (nSPS) is 14.4. The smallest absolute Gasteiger partial charge is 0.325 e. The van der Waals surface area contributed by atoms with Crippen LogP contribution >= 0.6 is 0 Å². The lowest BCUT2D eigenvalue weighted by Gasteiger charge is -2.12. The number of hydrogen-bond acceptors (Lipinski definition) is 5. The van der Waals surface area contributed by atoms with E-state index in [0.29, 0.717) is 17.2 Å². The van der Waals surface area contributed by atoms with Crippen LogP contribution in [0.4, 0.5) is 0 Å². The number of carbonyl (C=O) groups is 3. The Kier molecular flexibility index (Phi) is 6.17. The zero-order valence-corrected chi connectivity index (χ0v) is 13.8. The maximum atomic E-state index is 11.9. The van der Waals surface area contributed by atoms with Crippen LogP contribution in [0.15, 0.2) is 24.3 Å². The van der Waals surface area contributed by atoms with E-state index in [9.17, 15) is 14.4 Å². The van der Waals surface area contributed by atoms with Crippen LogP contribution in [0.25, 0.3) is 0 Å². The second-order valence-electron chi connectivity index (χ2n) is 5.77. The third-order valence-corrected chi connectivity index (χ3v) is 3.83. The van der Waals surface area contributed by atoms with Crippen molar-refractivity contribution in [2.45, 2.75) is 25.8 Å². The first-order chi connectivity index (χ1) is 11.5. The Morgan fingerprint density at radius 1 is 1.21 bits per heavy atom. The molecule has 0 radical (unpaired) electrons. The van der Waals surface area contributed by atoms with Gasteiger partial charge in [0.05, 0.1) is 7.11 Å². The van der Waals surface area contributed by atoms with Crippen molar-refractivity contribution >= 4 is 17.8 Å². The van der Waals surface area contributed by atoms with E-state index in [1.165, 1.54) is 7.11 Å². The highest BCUT2D eigenvalue weighted by molar-refractivity contribution is 5.96. The van der Waals surface area contributed by atoms with Gasteiger partial charge in [-0.2, -0.15) is 0 Å². The molecule has 1 aromatic carbocycles. The van der Waals surface area contributed by atoms with Crippen LogP contribution < -0.4 is 15.4 Å². The van der Waals surface area contributed by atoms with Crippen molar-refractivity contribution < 1.29 is 23.9 Å². The number of benzene rings is 1. The molecule has 2 amide bonds. The molecule has 1 aliphatic rings. The number of esters is 1. The molecule has 1 fully saturated rings. The van der Waals surface area contributed by atoms with Gasteiger partial charge in [0.25, 0.3) is 11.8 Å². The highest BCUT2D eigenvalue weighted by Gasteiger charge is 2.28. The summed E-state index contributed by atoms with van der Waals surface area (Å²) in [7, 11) is 1.53. The molecular weight excluding hydrogens is 312 g/mol. The fourth-order valence-corrected chi connectivity index (χ4v) is 2.20. The Hall–Kier alpha value is -2.57. The summed E-state index contributed by atoms with van der Waals surface area (Å²) >= 11 is 0. The molecule has 7 heteroatoms. The van der Waals surface area contributed by atoms with Gasteiger partial charge in [-0.15, -0.1) is 0 Å². The first-order valence-electron chi connectivity index (χ1n) is 7.87. The van der Waals surface area contributed by atoms with Gasteiger partial charge in [-0.25, -0.2) is 0 Å². The van der Waals surface area contributed by atoms with E-state index >= 15 is 0 Å². The monoisotopic (exact) mass is 334 g/mol. The van der Waals surface area contributed by atoms with Crippen molar-refractivity contribution in [1.29, 1.82) is 0 Å². The molecule has 0 bridgehead atoms. The minimum Gasteiger partial charge on any atom is -0.497 e. The van der Waals surface area contributed by atoms with Crippen molar-refractivity contribution in [1.82, 2.24) is 10.6 Å². The molecule has 2 rings (SSSR count). The predicted molar refractivity (Wildman–Crippen MR) is 86.6 cm³/mol. The summed E-state index contributed by atoms with van der Waals surface area (Å²) in [5.74, 6) is -0.220. The summed E-state index contributed by atoms with van der Waals surface area (Å²) in [6.07, 6.45) is 2.25. The second-order valence-corrected chi connectivity index (χ2v) is 5.77. The average Bonchev–Trinajstić information content (AvgIpc) is 3.43. The summed E-state index contributed by atoms with van der Waals surface area (Å²) in [5, 5.41) is 5.23. The molecule has 1 saturated carbocycles.